The Morgan fingerprint density at radius 3 is 2.92 bits per heavy atom. The first-order valence-corrected chi connectivity index (χ1v) is 8.78. The van der Waals surface area contributed by atoms with Crippen molar-refractivity contribution in [1.82, 2.24) is 24.0 Å². The van der Waals surface area contributed by atoms with Crippen LogP contribution in [0, 0.1) is 5.92 Å². The topological polar surface area (TPSA) is 56.0 Å². The minimum atomic E-state index is 0.0251. The van der Waals surface area contributed by atoms with Crippen molar-refractivity contribution in [3.05, 3.63) is 59.2 Å². The maximum atomic E-state index is 12.6. The Balaban J connectivity index is 1.61. The van der Waals surface area contributed by atoms with E-state index in [0.717, 1.165) is 30.9 Å². The molecule has 3 aromatic rings. The predicted octanol–water partition coefficient (Wildman–Crippen LogP) is 2.21. The first-order valence-electron chi connectivity index (χ1n) is 8.78. The van der Waals surface area contributed by atoms with E-state index in [-0.39, 0.29) is 5.56 Å². The number of para-hydroxylation sites is 1. The Morgan fingerprint density at radius 2 is 2.12 bits per heavy atom. The van der Waals surface area contributed by atoms with Crippen LogP contribution >= 0.6 is 0 Å². The molecule has 4 rings (SSSR count). The molecule has 0 bridgehead atoms. The summed E-state index contributed by atoms with van der Waals surface area (Å²) in [5, 5.41) is 0.678. The average molecular weight is 337 g/mol. The van der Waals surface area contributed by atoms with Crippen LogP contribution in [0.15, 0.2) is 47.8 Å². The van der Waals surface area contributed by atoms with E-state index < -0.39 is 0 Å². The molecule has 1 fully saturated rings. The molecule has 6 nitrogen and oxygen atoms in total. The zero-order valence-electron chi connectivity index (χ0n) is 14.7. The van der Waals surface area contributed by atoms with Crippen LogP contribution in [0.1, 0.15) is 25.2 Å². The van der Waals surface area contributed by atoms with Gasteiger partial charge in [-0.25, -0.2) is 9.97 Å². The van der Waals surface area contributed by atoms with Crippen LogP contribution < -0.4 is 5.56 Å². The summed E-state index contributed by atoms with van der Waals surface area (Å²) in [6.45, 7) is 4.95. The van der Waals surface area contributed by atoms with Crippen LogP contribution in [0.2, 0.25) is 0 Å². The average Bonchev–Trinajstić information content (AvgIpc) is 3.15. The van der Waals surface area contributed by atoms with Gasteiger partial charge in [0.2, 0.25) is 0 Å². The Morgan fingerprint density at radius 1 is 1.28 bits per heavy atom. The van der Waals surface area contributed by atoms with Gasteiger partial charge in [0.05, 0.1) is 23.8 Å². The van der Waals surface area contributed by atoms with E-state index in [2.05, 4.69) is 21.4 Å². The lowest BCUT2D eigenvalue weighted by Crippen LogP contribution is -2.41. The van der Waals surface area contributed by atoms with Crippen LogP contribution in [0.25, 0.3) is 10.9 Å². The molecule has 0 amide bonds. The summed E-state index contributed by atoms with van der Waals surface area (Å²) in [5.41, 5.74) is 0.800. The monoisotopic (exact) mass is 337 g/mol. The van der Waals surface area contributed by atoms with E-state index in [1.807, 2.05) is 50.0 Å². The van der Waals surface area contributed by atoms with Gasteiger partial charge < -0.3 is 4.57 Å². The minimum absolute atomic E-state index is 0.0251. The second kappa shape index (κ2) is 6.44. The van der Waals surface area contributed by atoms with Crippen molar-refractivity contribution < 1.29 is 0 Å². The van der Waals surface area contributed by atoms with E-state index in [1.165, 1.54) is 0 Å². The minimum Gasteiger partial charge on any atom is -0.333 e. The van der Waals surface area contributed by atoms with Crippen LogP contribution in [-0.2, 0) is 13.6 Å². The Bertz CT molecular complexity index is 931. The summed E-state index contributed by atoms with van der Waals surface area (Å²) >= 11 is 0. The van der Waals surface area contributed by atoms with E-state index >= 15 is 0 Å². The van der Waals surface area contributed by atoms with Crippen LogP contribution in [-0.4, -0.2) is 37.1 Å². The lowest BCUT2D eigenvalue weighted by molar-refractivity contribution is 0.122. The highest BCUT2D eigenvalue weighted by atomic mass is 16.1. The molecule has 6 heteroatoms. The summed E-state index contributed by atoms with van der Waals surface area (Å²) in [5.74, 6) is 1.43. The van der Waals surface area contributed by atoms with Gasteiger partial charge in [-0.05, 0) is 31.0 Å². The smallest absolute Gasteiger partial charge is 0.261 e. The van der Waals surface area contributed by atoms with Gasteiger partial charge in [0.25, 0.3) is 5.56 Å². The summed E-state index contributed by atoms with van der Waals surface area (Å²) in [7, 11) is 1.82. The second-order valence-electron chi connectivity index (χ2n) is 6.99. The molecule has 0 spiro atoms. The molecule has 130 valence electrons. The molecule has 0 saturated carbocycles. The van der Waals surface area contributed by atoms with Crippen LogP contribution in [0.5, 0.6) is 0 Å². The number of aromatic nitrogens is 4. The maximum absolute atomic E-state index is 12.6. The number of imidazole rings is 1. The number of hydrogen-bond donors (Lipinski definition) is 0. The third-order valence-electron chi connectivity index (χ3n) is 5.35. The molecule has 0 aliphatic carbocycles. The number of nitrogens with zero attached hydrogens (tertiary/aromatic N) is 5. The van der Waals surface area contributed by atoms with Crippen LogP contribution in [0.4, 0.5) is 0 Å². The zero-order valence-corrected chi connectivity index (χ0v) is 14.7. The first-order chi connectivity index (χ1) is 12.1. The number of likely N-dealkylation sites (tertiary alicyclic amines) is 1. The quantitative estimate of drug-likeness (QED) is 0.735. The second-order valence-corrected chi connectivity index (χ2v) is 6.99. The third kappa shape index (κ3) is 2.98. The fraction of sp³-hybridized carbons (Fsp3) is 0.421. The lowest BCUT2D eigenvalue weighted by Gasteiger charge is -2.37. The Hall–Kier alpha value is -2.47. The van der Waals surface area contributed by atoms with Crippen LogP contribution in [0.3, 0.4) is 0 Å². The maximum Gasteiger partial charge on any atom is 0.261 e. The van der Waals surface area contributed by atoms with E-state index in [4.69, 9.17) is 4.98 Å². The molecule has 0 N–H and O–H groups in total. The molecule has 2 atom stereocenters. The molecular formula is C19H23N5O. The lowest BCUT2D eigenvalue weighted by atomic mass is 9.93. The Kier molecular flexibility index (Phi) is 4.13. The molecule has 25 heavy (non-hydrogen) atoms. The van der Waals surface area contributed by atoms with Crippen molar-refractivity contribution in [3.8, 4) is 0 Å². The fourth-order valence-corrected chi connectivity index (χ4v) is 3.72. The summed E-state index contributed by atoms with van der Waals surface area (Å²) < 4.78 is 3.89. The normalized spacial score (nSPS) is 21.7. The molecule has 1 saturated heterocycles. The van der Waals surface area contributed by atoms with Crippen molar-refractivity contribution in [1.29, 1.82) is 0 Å². The van der Waals surface area contributed by atoms with Gasteiger partial charge in [0, 0.05) is 32.0 Å². The standard InChI is InChI=1S/C19H23N5O/c1-14-7-9-23(11-17(14)24-10-8-20-13-24)12-18-21-16-6-4-3-5-15(16)19(25)22(18)2/h3-6,8,10,13-14,17H,7,9,11-12H2,1-2H3/t14-,17+/m0/s1. The van der Waals surface area contributed by atoms with Crippen molar-refractivity contribution in [2.75, 3.05) is 13.1 Å². The largest absolute Gasteiger partial charge is 0.333 e. The van der Waals surface area contributed by atoms with Gasteiger partial charge in [-0.15, -0.1) is 0 Å². The number of hydrogen-bond acceptors (Lipinski definition) is 4. The number of rotatable bonds is 3. The number of piperidine rings is 1. The molecule has 3 heterocycles. The van der Waals surface area contributed by atoms with Gasteiger partial charge in [-0.3, -0.25) is 14.3 Å². The molecule has 0 unspecified atom stereocenters. The van der Waals surface area contributed by atoms with Crippen molar-refractivity contribution >= 4 is 10.9 Å². The van der Waals surface area contributed by atoms with Crippen molar-refractivity contribution in [3.63, 3.8) is 0 Å². The van der Waals surface area contributed by atoms with Crippen molar-refractivity contribution in [2.24, 2.45) is 13.0 Å². The van der Waals surface area contributed by atoms with Gasteiger partial charge >= 0.3 is 0 Å². The molecular weight excluding hydrogens is 314 g/mol. The highest BCUT2D eigenvalue weighted by Gasteiger charge is 2.28. The fourth-order valence-electron chi connectivity index (χ4n) is 3.72. The third-order valence-corrected chi connectivity index (χ3v) is 5.35. The first kappa shape index (κ1) is 16.0. The van der Waals surface area contributed by atoms with E-state index in [9.17, 15) is 4.79 Å². The molecule has 2 aromatic heterocycles. The summed E-state index contributed by atoms with van der Waals surface area (Å²) in [4.78, 5) is 23.9. The SMILES string of the molecule is C[C@H]1CCN(Cc2nc3ccccc3c(=O)n2C)C[C@H]1n1ccnc1. The molecule has 0 radical (unpaired) electrons. The molecule has 1 aliphatic rings. The zero-order chi connectivity index (χ0) is 17.4. The summed E-state index contributed by atoms with van der Waals surface area (Å²) in [6.07, 6.45) is 6.90. The predicted molar refractivity (Wildman–Crippen MR) is 97.3 cm³/mol. The number of benzene rings is 1. The van der Waals surface area contributed by atoms with Gasteiger partial charge in [0.1, 0.15) is 5.82 Å². The Labute approximate surface area is 146 Å². The number of fused-ring (bicyclic) bond motifs is 1. The highest BCUT2D eigenvalue weighted by molar-refractivity contribution is 5.77. The molecule has 1 aromatic carbocycles. The van der Waals surface area contributed by atoms with Gasteiger partial charge in [-0.1, -0.05) is 19.1 Å². The van der Waals surface area contributed by atoms with Crippen molar-refractivity contribution in [2.45, 2.75) is 25.9 Å². The highest BCUT2D eigenvalue weighted by Crippen LogP contribution is 2.28. The summed E-state index contributed by atoms with van der Waals surface area (Å²) in [6, 6.07) is 7.97. The van der Waals surface area contributed by atoms with E-state index in [0.29, 0.717) is 23.9 Å². The molecule has 1 aliphatic heterocycles. The van der Waals surface area contributed by atoms with E-state index in [1.54, 1.807) is 4.57 Å². The van der Waals surface area contributed by atoms with Gasteiger partial charge in [0.15, 0.2) is 0 Å². The van der Waals surface area contributed by atoms with Gasteiger partial charge in [-0.2, -0.15) is 0 Å².